The van der Waals surface area contributed by atoms with Crippen LogP contribution in [0.4, 0.5) is 0 Å². The van der Waals surface area contributed by atoms with Crippen LogP contribution in [0.25, 0.3) is 0 Å². The number of aromatic carboxylic acids is 1. The predicted molar refractivity (Wildman–Crippen MR) is 75.0 cm³/mol. The largest absolute Gasteiger partial charge is 0.477 e. The summed E-state index contributed by atoms with van der Waals surface area (Å²) in [5.74, 6) is -1.33. The van der Waals surface area contributed by atoms with Crippen molar-refractivity contribution >= 4 is 39.3 Å². The number of benzene rings is 1. The van der Waals surface area contributed by atoms with E-state index in [1.54, 1.807) is 25.2 Å². The van der Waals surface area contributed by atoms with Crippen molar-refractivity contribution < 1.29 is 14.7 Å². The highest BCUT2D eigenvalue weighted by molar-refractivity contribution is 9.10. The summed E-state index contributed by atoms with van der Waals surface area (Å²) in [5, 5.41) is 9.48. The van der Waals surface area contributed by atoms with Crippen molar-refractivity contribution in [3.63, 3.8) is 0 Å². The van der Waals surface area contributed by atoms with E-state index in [2.05, 4.69) is 15.9 Å². The summed E-state index contributed by atoms with van der Waals surface area (Å²) in [5.41, 5.74) is 0.822. The molecule has 0 aliphatic rings. The lowest BCUT2D eigenvalue weighted by Crippen LogP contribution is -2.02. The lowest BCUT2D eigenvalue weighted by atomic mass is 10.1. The molecule has 19 heavy (non-hydrogen) atoms. The van der Waals surface area contributed by atoms with Gasteiger partial charge in [-0.05, 0) is 40.2 Å². The van der Waals surface area contributed by atoms with Crippen LogP contribution >= 0.6 is 27.5 Å². The average Bonchev–Trinajstić information content (AvgIpc) is 2.70. The second-order valence-corrected chi connectivity index (χ2v) is 5.27. The van der Waals surface area contributed by atoms with Gasteiger partial charge in [-0.3, -0.25) is 4.79 Å². The minimum atomic E-state index is -1.07. The van der Waals surface area contributed by atoms with Crippen LogP contribution in [0.3, 0.4) is 0 Å². The Labute approximate surface area is 122 Å². The average molecular weight is 343 g/mol. The Morgan fingerprint density at radius 3 is 2.53 bits per heavy atom. The van der Waals surface area contributed by atoms with Crippen LogP contribution in [0.2, 0.25) is 5.02 Å². The van der Waals surface area contributed by atoms with E-state index in [9.17, 15) is 9.59 Å². The maximum Gasteiger partial charge on any atom is 0.352 e. The van der Waals surface area contributed by atoms with Crippen LogP contribution in [-0.2, 0) is 7.05 Å². The number of nitrogens with zero attached hydrogens (tertiary/aromatic N) is 1. The first-order valence-corrected chi connectivity index (χ1v) is 6.46. The molecule has 0 spiro atoms. The van der Waals surface area contributed by atoms with Gasteiger partial charge >= 0.3 is 5.97 Å². The van der Waals surface area contributed by atoms with Gasteiger partial charge in [-0.15, -0.1) is 0 Å². The van der Waals surface area contributed by atoms with Crippen molar-refractivity contribution in [1.29, 1.82) is 0 Å². The number of carbonyl (C=O) groups excluding carboxylic acids is 1. The number of carbonyl (C=O) groups is 2. The molecular weight excluding hydrogens is 334 g/mol. The normalized spacial score (nSPS) is 10.5. The maximum absolute atomic E-state index is 12.3. The quantitative estimate of drug-likeness (QED) is 0.870. The zero-order chi connectivity index (χ0) is 14.2. The Morgan fingerprint density at radius 2 is 2.00 bits per heavy atom. The summed E-state index contributed by atoms with van der Waals surface area (Å²) in [6.45, 7) is 0. The smallest absolute Gasteiger partial charge is 0.352 e. The third kappa shape index (κ3) is 2.72. The molecule has 0 unspecified atom stereocenters. The number of carboxylic acids is 1. The SMILES string of the molecule is Cn1cc(C(=O)c2ccc(Cl)cc2Br)cc1C(=O)O. The van der Waals surface area contributed by atoms with Gasteiger partial charge in [-0.25, -0.2) is 4.79 Å². The van der Waals surface area contributed by atoms with Gasteiger partial charge in [0, 0.05) is 33.9 Å². The molecule has 6 heteroatoms. The van der Waals surface area contributed by atoms with Gasteiger partial charge in [0.1, 0.15) is 5.69 Å². The fraction of sp³-hybridized carbons (Fsp3) is 0.0769. The highest BCUT2D eigenvalue weighted by Gasteiger charge is 2.18. The first kappa shape index (κ1) is 13.8. The van der Waals surface area contributed by atoms with E-state index in [1.165, 1.54) is 16.8 Å². The lowest BCUT2D eigenvalue weighted by Gasteiger charge is -2.02. The van der Waals surface area contributed by atoms with Gasteiger partial charge in [0.05, 0.1) is 0 Å². The third-order valence-electron chi connectivity index (χ3n) is 2.66. The van der Waals surface area contributed by atoms with Crippen LogP contribution < -0.4 is 0 Å². The van der Waals surface area contributed by atoms with Crippen molar-refractivity contribution in [3.05, 3.63) is 56.8 Å². The minimum absolute atomic E-state index is 0.0634. The van der Waals surface area contributed by atoms with Crippen LogP contribution in [0.15, 0.2) is 34.9 Å². The predicted octanol–water partition coefficient (Wildman–Crippen LogP) is 3.37. The highest BCUT2D eigenvalue weighted by Crippen LogP contribution is 2.24. The van der Waals surface area contributed by atoms with Gasteiger partial charge < -0.3 is 9.67 Å². The van der Waals surface area contributed by atoms with Crippen LogP contribution in [0, 0.1) is 0 Å². The zero-order valence-electron chi connectivity index (χ0n) is 9.85. The molecule has 0 atom stereocenters. The van der Waals surface area contributed by atoms with E-state index in [-0.39, 0.29) is 11.5 Å². The number of hydrogen-bond donors (Lipinski definition) is 1. The van der Waals surface area contributed by atoms with Crippen molar-refractivity contribution in [2.75, 3.05) is 0 Å². The molecule has 0 saturated carbocycles. The number of rotatable bonds is 3. The molecule has 0 aliphatic carbocycles. The van der Waals surface area contributed by atoms with E-state index >= 15 is 0 Å². The van der Waals surface area contributed by atoms with Crippen molar-refractivity contribution in [1.82, 2.24) is 4.57 Å². The van der Waals surface area contributed by atoms with Crippen LogP contribution in [-0.4, -0.2) is 21.4 Å². The molecule has 0 fully saturated rings. The van der Waals surface area contributed by atoms with Crippen molar-refractivity contribution in [2.45, 2.75) is 0 Å². The van der Waals surface area contributed by atoms with Gasteiger partial charge in [-0.1, -0.05) is 11.6 Å². The molecule has 1 aromatic heterocycles. The fourth-order valence-corrected chi connectivity index (χ4v) is 2.59. The Bertz CT molecular complexity index is 679. The van der Waals surface area contributed by atoms with Crippen LogP contribution in [0.1, 0.15) is 26.4 Å². The highest BCUT2D eigenvalue weighted by atomic mass is 79.9. The van der Waals surface area contributed by atoms with E-state index < -0.39 is 5.97 Å². The minimum Gasteiger partial charge on any atom is -0.477 e. The molecule has 0 saturated heterocycles. The van der Waals surface area contributed by atoms with E-state index in [4.69, 9.17) is 16.7 Å². The number of halogens is 2. The van der Waals surface area contributed by atoms with Gasteiger partial charge in [0.2, 0.25) is 0 Å². The molecule has 1 N–H and O–H groups in total. The monoisotopic (exact) mass is 341 g/mol. The van der Waals surface area contributed by atoms with E-state index in [0.717, 1.165) is 0 Å². The van der Waals surface area contributed by atoms with E-state index in [0.29, 0.717) is 20.6 Å². The van der Waals surface area contributed by atoms with Crippen molar-refractivity contribution in [3.8, 4) is 0 Å². The third-order valence-corrected chi connectivity index (χ3v) is 3.55. The number of aromatic nitrogens is 1. The Hall–Kier alpha value is -1.59. The Morgan fingerprint density at radius 1 is 1.32 bits per heavy atom. The first-order chi connectivity index (χ1) is 8.90. The molecule has 2 aromatic rings. The molecule has 0 bridgehead atoms. The second-order valence-electron chi connectivity index (χ2n) is 3.98. The zero-order valence-corrected chi connectivity index (χ0v) is 12.2. The fourth-order valence-electron chi connectivity index (χ4n) is 1.73. The number of carboxylic acid groups (broad SMARTS) is 1. The van der Waals surface area contributed by atoms with E-state index in [1.807, 2.05) is 0 Å². The van der Waals surface area contributed by atoms with Gasteiger partial charge in [-0.2, -0.15) is 0 Å². The first-order valence-electron chi connectivity index (χ1n) is 5.29. The lowest BCUT2D eigenvalue weighted by molar-refractivity contribution is 0.0686. The van der Waals surface area contributed by atoms with Gasteiger partial charge in [0.25, 0.3) is 0 Å². The molecule has 0 radical (unpaired) electrons. The summed E-state index contributed by atoms with van der Waals surface area (Å²) in [6.07, 6.45) is 1.49. The summed E-state index contributed by atoms with van der Waals surface area (Å²) in [6, 6.07) is 6.18. The van der Waals surface area contributed by atoms with Crippen LogP contribution in [0.5, 0.6) is 0 Å². The van der Waals surface area contributed by atoms with Crippen molar-refractivity contribution in [2.24, 2.45) is 7.05 Å². The molecule has 0 aliphatic heterocycles. The molecule has 0 amide bonds. The summed E-state index contributed by atoms with van der Waals surface area (Å²) in [4.78, 5) is 23.2. The number of hydrogen-bond acceptors (Lipinski definition) is 2. The topological polar surface area (TPSA) is 59.3 Å². The molecule has 98 valence electrons. The number of aryl methyl sites for hydroxylation is 1. The number of ketones is 1. The van der Waals surface area contributed by atoms with Gasteiger partial charge in [0.15, 0.2) is 5.78 Å². The molecule has 1 aromatic carbocycles. The second kappa shape index (κ2) is 5.19. The Balaban J connectivity index is 2.44. The standard InChI is InChI=1S/C13H9BrClNO3/c1-16-6-7(4-11(16)13(18)19)12(17)9-3-2-8(15)5-10(9)14/h2-6H,1H3,(H,18,19). The molecule has 4 nitrogen and oxygen atoms in total. The maximum atomic E-state index is 12.3. The molecular formula is C13H9BrClNO3. The summed E-state index contributed by atoms with van der Waals surface area (Å²) in [7, 11) is 1.58. The summed E-state index contributed by atoms with van der Waals surface area (Å²) < 4.78 is 1.98. The molecule has 2 rings (SSSR count). The Kier molecular flexibility index (Phi) is 3.78. The summed E-state index contributed by atoms with van der Waals surface area (Å²) >= 11 is 9.09. The molecule has 1 heterocycles.